The van der Waals surface area contributed by atoms with Crippen molar-refractivity contribution in [2.24, 2.45) is 0 Å². The van der Waals surface area contributed by atoms with E-state index >= 15 is 0 Å². The van der Waals surface area contributed by atoms with Crippen LogP contribution in [0.2, 0.25) is 0 Å². The van der Waals surface area contributed by atoms with Crippen molar-refractivity contribution in [1.82, 2.24) is 23.7 Å². The monoisotopic (exact) mass is 1090 g/mol. The molecule has 0 N–H and O–H groups in total. The first-order valence-electron chi connectivity index (χ1n) is 28.8. The SMILES string of the molecule is CC1(C)c2ccccc2-c2ccc3c(c21)c1ccccc1n3-c1nc(N(c2ccccc2)c2ccc3c4ccccc4n(-c4ccccc4)c3c2)nc2ccc(-n3c4ccccc4c4ccc(-c5ccc6c(c5)sc5ccccc56)cc43)cc12. The van der Waals surface area contributed by atoms with E-state index in [1.165, 1.54) is 85.9 Å². The number of nitrogens with zero attached hydrogens (tertiary/aromatic N) is 6. The van der Waals surface area contributed by atoms with E-state index in [-0.39, 0.29) is 5.41 Å². The molecule has 5 heterocycles. The predicted molar refractivity (Wildman–Crippen MR) is 353 cm³/mol. The lowest BCUT2D eigenvalue weighted by Gasteiger charge is -2.25. The third kappa shape index (κ3) is 6.72. The first-order valence-corrected chi connectivity index (χ1v) is 29.6. The summed E-state index contributed by atoms with van der Waals surface area (Å²) in [5.41, 5.74) is 19.0. The molecule has 0 saturated heterocycles. The highest BCUT2D eigenvalue weighted by Gasteiger charge is 2.38. The molecule has 0 aliphatic heterocycles. The molecule has 18 rings (SSSR count). The van der Waals surface area contributed by atoms with Crippen molar-refractivity contribution in [3.8, 4) is 39.4 Å². The molecular formula is C77H50N6S. The van der Waals surface area contributed by atoms with Crippen molar-refractivity contribution in [2.45, 2.75) is 19.3 Å². The van der Waals surface area contributed by atoms with Crippen LogP contribution in [0.25, 0.3) is 136 Å². The van der Waals surface area contributed by atoms with Crippen LogP contribution in [0.1, 0.15) is 25.0 Å². The Hall–Kier alpha value is -10.6. The van der Waals surface area contributed by atoms with Gasteiger partial charge in [0.2, 0.25) is 5.95 Å². The Morgan fingerprint density at radius 2 is 0.940 bits per heavy atom. The molecule has 5 aromatic heterocycles. The highest BCUT2D eigenvalue weighted by atomic mass is 32.1. The molecule has 394 valence electrons. The average molecular weight is 1090 g/mol. The van der Waals surface area contributed by atoms with Crippen molar-refractivity contribution >= 4 is 125 Å². The molecule has 84 heavy (non-hydrogen) atoms. The van der Waals surface area contributed by atoms with Crippen molar-refractivity contribution in [1.29, 1.82) is 0 Å². The molecule has 17 aromatic rings. The van der Waals surface area contributed by atoms with Crippen LogP contribution in [-0.2, 0) is 5.41 Å². The number of hydrogen-bond acceptors (Lipinski definition) is 4. The van der Waals surface area contributed by atoms with E-state index in [1.54, 1.807) is 0 Å². The largest absolute Gasteiger partial charge is 0.309 e. The fourth-order valence-corrected chi connectivity index (χ4v) is 15.4. The van der Waals surface area contributed by atoms with Gasteiger partial charge in [0.25, 0.3) is 0 Å². The molecule has 7 heteroatoms. The van der Waals surface area contributed by atoms with Crippen LogP contribution in [0.5, 0.6) is 0 Å². The molecular weight excluding hydrogens is 1040 g/mol. The molecule has 0 radical (unpaired) electrons. The quantitative estimate of drug-likeness (QED) is 0.160. The maximum atomic E-state index is 5.97. The van der Waals surface area contributed by atoms with Gasteiger partial charge in [-0.25, -0.2) is 4.98 Å². The van der Waals surface area contributed by atoms with Crippen LogP contribution < -0.4 is 4.90 Å². The number of anilines is 3. The molecule has 0 fully saturated rings. The zero-order valence-electron chi connectivity index (χ0n) is 46.0. The molecule has 0 spiro atoms. The Kier molecular flexibility index (Phi) is 9.92. The van der Waals surface area contributed by atoms with E-state index in [0.717, 1.165) is 72.6 Å². The Morgan fingerprint density at radius 1 is 0.357 bits per heavy atom. The molecule has 1 aliphatic rings. The lowest BCUT2D eigenvalue weighted by atomic mass is 9.80. The first kappa shape index (κ1) is 47.1. The maximum Gasteiger partial charge on any atom is 0.237 e. The van der Waals surface area contributed by atoms with Gasteiger partial charge in [-0.1, -0.05) is 184 Å². The summed E-state index contributed by atoms with van der Waals surface area (Å²) in [6, 6.07) is 97.6. The zero-order valence-corrected chi connectivity index (χ0v) is 46.8. The summed E-state index contributed by atoms with van der Waals surface area (Å²) in [6.07, 6.45) is 0. The lowest BCUT2D eigenvalue weighted by molar-refractivity contribution is 0.666. The van der Waals surface area contributed by atoms with Crippen LogP contribution >= 0.6 is 11.3 Å². The molecule has 0 amide bonds. The third-order valence-corrected chi connectivity index (χ3v) is 19.1. The van der Waals surface area contributed by atoms with Gasteiger partial charge in [-0.3, -0.25) is 9.47 Å². The number of rotatable bonds is 7. The minimum Gasteiger partial charge on any atom is -0.309 e. The molecule has 1 aliphatic carbocycles. The van der Waals surface area contributed by atoms with Crippen LogP contribution in [0.4, 0.5) is 17.3 Å². The van der Waals surface area contributed by atoms with Crippen LogP contribution in [0, 0.1) is 0 Å². The van der Waals surface area contributed by atoms with Crippen molar-refractivity contribution in [3.05, 3.63) is 278 Å². The van der Waals surface area contributed by atoms with Gasteiger partial charge in [0.15, 0.2) is 5.82 Å². The summed E-state index contributed by atoms with van der Waals surface area (Å²) in [4.78, 5) is 13.9. The standard InChI is InChI=1S/C77H50N6S/c1-77(2)63-28-14-9-23-53(63)60-40-42-68-73(74(60)77)61-27-12-17-31-67(61)83(68)75-62-45-51(82-66-30-16-11-24-54(66)56-37-33-47(43-69(56)82)48-34-38-59-58-26-13-18-32-71(58)84-72(59)44-48)36-41-64(62)78-76(79-75)80(49-19-5-3-6-20-49)52-35-39-57-55-25-10-15-29-65(55)81(70(57)46-52)50-21-7-4-8-22-50/h3-46H,1-2H3. The fraction of sp³-hybridized carbons (Fsp3) is 0.0390. The van der Waals surface area contributed by atoms with Crippen LogP contribution in [-0.4, -0.2) is 23.7 Å². The molecule has 0 saturated carbocycles. The Bertz CT molecular complexity index is 5610. The fourth-order valence-electron chi connectivity index (χ4n) is 14.3. The van der Waals surface area contributed by atoms with Crippen molar-refractivity contribution in [3.63, 3.8) is 0 Å². The van der Waals surface area contributed by atoms with E-state index in [4.69, 9.17) is 9.97 Å². The summed E-state index contributed by atoms with van der Waals surface area (Å²) in [6.45, 7) is 4.78. The van der Waals surface area contributed by atoms with Gasteiger partial charge in [0.1, 0.15) is 0 Å². The van der Waals surface area contributed by atoms with Gasteiger partial charge in [-0.05, 0) is 130 Å². The number of thiophene rings is 1. The zero-order chi connectivity index (χ0) is 55.4. The van der Waals surface area contributed by atoms with Gasteiger partial charge >= 0.3 is 0 Å². The van der Waals surface area contributed by atoms with E-state index in [1.807, 2.05) is 11.3 Å². The second-order valence-electron chi connectivity index (χ2n) is 22.9. The Labute approximate surface area is 487 Å². The summed E-state index contributed by atoms with van der Waals surface area (Å²) in [5.74, 6) is 1.37. The second kappa shape index (κ2) is 17.7. The number of hydrogen-bond donors (Lipinski definition) is 0. The number of para-hydroxylation sites is 5. The molecule has 0 unspecified atom stereocenters. The summed E-state index contributed by atoms with van der Waals surface area (Å²) >= 11 is 1.86. The Morgan fingerprint density at radius 3 is 1.71 bits per heavy atom. The number of benzene rings is 12. The van der Waals surface area contributed by atoms with Gasteiger partial charge in [-0.2, -0.15) is 4.98 Å². The van der Waals surface area contributed by atoms with Crippen molar-refractivity contribution < 1.29 is 0 Å². The number of aromatic nitrogens is 5. The topological polar surface area (TPSA) is 43.8 Å². The van der Waals surface area contributed by atoms with Crippen molar-refractivity contribution in [2.75, 3.05) is 4.90 Å². The van der Waals surface area contributed by atoms with Gasteiger partial charge in [0.05, 0.1) is 44.3 Å². The predicted octanol–water partition coefficient (Wildman–Crippen LogP) is 20.7. The second-order valence-corrected chi connectivity index (χ2v) is 24.0. The van der Waals surface area contributed by atoms with E-state index in [2.05, 4.69) is 299 Å². The Balaban J connectivity index is 0.909. The van der Waals surface area contributed by atoms with Crippen LogP contribution in [0.15, 0.2) is 267 Å². The van der Waals surface area contributed by atoms with E-state index in [9.17, 15) is 0 Å². The third-order valence-electron chi connectivity index (χ3n) is 18.0. The average Bonchev–Trinajstić information content (AvgIpc) is 2.72. The highest BCUT2D eigenvalue weighted by Crippen LogP contribution is 2.54. The molecule has 0 atom stereocenters. The highest BCUT2D eigenvalue weighted by molar-refractivity contribution is 7.25. The van der Waals surface area contributed by atoms with Crippen LogP contribution in [0.3, 0.4) is 0 Å². The smallest absolute Gasteiger partial charge is 0.237 e. The van der Waals surface area contributed by atoms with E-state index < -0.39 is 0 Å². The molecule has 0 bridgehead atoms. The molecule has 6 nitrogen and oxygen atoms in total. The van der Waals surface area contributed by atoms with Gasteiger partial charge < -0.3 is 9.13 Å². The summed E-state index contributed by atoms with van der Waals surface area (Å²) < 4.78 is 9.85. The summed E-state index contributed by atoms with van der Waals surface area (Å²) in [5, 5.41) is 10.8. The summed E-state index contributed by atoms with van der Waals surface area (Å²) in [7, 11) is 0. The van der Waals surface area contributed by atoms with Gasteiger partial charge in [-0.15, -0.1) is 11.3 Å². The maximum absolute atomic E-state index is 5.97. The minimum absolute atomic E-state index is 0.254. The lowest BCUT2D eigenvalue weighted by Crippen LogP contribution is -2.16. The molecule has 12 aromatic carbocycles. The normalized spacial score (nSPS) is 13.0. The van der Waals surface area contributed by atoms with Gasteiger partial charge in [0, 0.05) is 80.4 Å². The van der Waals surface area contributed by atoms with E-state index in [0.29, 0.717) is 5.95 Å². The number of fused-ring (bicyclic) bond motifs is 17. The minimum atomic E-state index is -0.254. The first-order chi connectivity index (χ1) is 41.4.